The largest absolute Gasteiger partial charge is 0.376 e. The number of ether oxygens (including phenoxy) is 1. The quantitative estimate of drug-likeness (QED) is 0.354. The molecule has 0 amide bonds. The zero-order valence-electron chi connectivity index (χ0n) is 21.1. The van der Waals surface area contributed by atoms with Gasteiger partial charge in [0.2, 0.25) is 0 Å². The summed E-state index contributed by atoms with van der Waals surface area (Å²) >= 11 is 0. The van der Waals surface area contributed by atoms with Gasteiger partial charge in [0, 0.05) is 30.8 Å². The zero-order chi connectivity index (χ0) is 24.9. The highest BCUT2D eigenvalue weighted by Crippen LogP contribution is 2.28. The molecule has 1 aliphatic rings. The Labute approximate surface area is 211 Å². The number of pyridine rings is 1. The third kappa shape index (κ3) is 5.55. The molecule has 0 aliphatic carbocycles. The number of tetrazole rings is 1. The van der Waals surface area contributed by atoms with Gasteiger partial charge in [-0.25, -0.2) is 4.68 Å². The summed E-state index contributed by atoms with van der Waals surface area (Å²) in [7, 11) is 0. The number of rotatable bonds is 10. The smallest absolute Gasteiger partial charge is 0.252 e. The molecule has 0 bridgehead atoms. The van der Waals surface area contributed by atoms with Gasteiger partial charge in [0.25, 0.3) is 5.56 Å². The van der Waals surface area contributed by atoms with Crippen molar-refractivity contribution in [2.75, 3.05) is 6.61 Å². The van der Waals surface area contributed by atoms with Crippen LogP contribution in [0.25, 0.3) is 10.9 Å². The van der Waals surface area contributed by atoms with Crippen LogP contribution in [0.15, 0.2) is 59.4 Å². The van der Waals surface area contributed by atoms with E-state index in [1.165, 1.54) is 5.56 Å². The first-order chi connectivity index (χ1) is 17.6. The Morgan fingerprint density at radius 2 is 2.03 bits per heavy atom. The maximum atomic E-state index is 13.2. The summed E-state index contributed by atoms with van der Waals surface area (Å²) in [5.41, 5.74) is 3.85. The lowest BCUT2D eigenvalue weighted by Gasteiger charge is -2.31. The lowest BCUT2D eigenvalue weighted by atomic mass is 10.0. The fourth-order valence-electron chi connectivity index (χ4n) is 5.10. The van der Waals surface area contributed by atoms with Crippen molar-refractivity contribution in [2.45, 2.75) is 71.3 Å². The molecule has 1 fully saturated rings. The lowest BCUT2D eigenvalue weighted by Crippen LogP contribution is -2.33. The fraction of sp³-hybridized carbons (Fsp3) is 0.429. The molecule has 0 radical (unpaired) electrons. The molecular formula is C28H34N6O2. The predicted octanol–water partition coefficient (Wildman–Crippen LogP) is 4.55. The van der Waals surface area contributed by atoms with Crippen LogP contribution >= 0.6 is 0 Å². The standard InChI is InChI=1S/C28H34N6O2/c1-3-8-26(27-30-31-32-34(27)19-24-11-7-14-36-24)33(17-21-9-5-4-6-10-21)18-23-16-22-13-12-20(2)15-25(22)29-28(23)35/h4-6,9-10,12-13,15-16,24,26H,3,7-8,11,14,17-19H2,1-2H3,(H,29,35). The van der Waals surface area contributed by atoms with Gasteiger partial charge >= 0.3 is 0 Å². The van der Waals surface area contributed by atoms with Gasteiger partial charge in [-0.15, -0.1) is 5.10 Å². The average Bonchev–Trinajstić information content (AvgIpc) is 3.56. The van der Waals surface area contributed by atoms with Crippen LogP contribution in [-0.2, 0) is 24.4 Å². The lowest BCUT2D eigenvalue weighted by molar-refractivity contribution is 0.0885. The second-order valence-corrected chi connectivity index (χ2v) is 9.76. The molecule has 4 aromatic rings. The first-order valence-corrected chi connectivity index (χ1v) is 12.9. The van der Waals surface area contributed by atoms with Crippen molar-refractivity contribution in [2.24, 2.45) is 0 Å². The Balaban J connectivity index is 1.51. The Morgan fingerprint density at radius 3 is 2.81 bits per heavy atom. The van der Waals surface area contributed by atoms with E-state index in [1.54, 1.807) is 0 Å². The third-order valence-corrected chi connectivity index (χ3v) is 6.94. The fourth-order valence-corrected chi connectivity index (χ4v) is 5.10. The minimum atomic E-state index is -0.0552. The third-order valence-electron chi connectivity index (χ3n) is 6.94. The number of nitrogens with zero attached hydrogens (tertiary/aromatic N) is 5. The summed E-state index contributed by atoms with van der Waals surface area (Å²) in [6.07, 6.45) is 4.09. The van der Waals surface area contributed by atoms with Crippen molar-refractivity contribution in [1.82, 2.24) is 30.1 Å². The average molecular weight is 487 g/mol. The highest BCUT2D eigenvalue weighted by Gasteiger charge is 2.28. The van der Waals surface area contributed by atoms with E-state index in [-0.39, 0.29) is 17.7 Å². The maximum absolute atomic E-state index is 13.2. The molecular weight excluding hydrogens is 452 g/mol. The minimum absolute atomic E-state index is 0.0419. The van der Waals surface area contributed by atoms with Gasteiger partial charge in [0.15, 0.2) is 5.82 Å². The molecule has 2 aromatic carbocycles. The number of aryl methyl sites for hydroxylation is 1. The summed E-state index contributed by atoms with van der Waals surface area (Å²) in [6.45, 7) is 6.83. The van der Waals surface area contributed by atoms with Gasteiger partial charge in [0.05, 0.1) is 18.7 Å². The highest BCUT2D eigenvalue weighted by atomic mass is 16.5. The van der Waals surface area contributed by atoms with Gasteiger partial charge in [-0.1, -0.05) is 55.8 Å². The van der Waals surface area contributed by atoms with Crippen LogP contribution in [0.4, 0.5) is 0 Å². The Hall–Kier alpha value is -3.36. The second kappa shape index (κ2) is 11.1. The van der Waals surface area contributed by atoms with E-state index in [0.29, 0.717) is 19.6 Å². The molecule has 0 saturated carbocycles. The van der Waals surface area contributed by atoms with E-state index >= 15 is 0 Å². The number of hydrogen-bond donors (Lipinski definition) is 1. The number of fused-ring (bicyclic) bond motifs is 1. The number of H-pyrrole nitrogens is 1. The number of benzene rings is 2. The molecule has 1 aliphatic heterocycles. The van der Waals surface area contributed by atoms with E-state index in [0.717, 1.165) is 60.1 Å². The summed E-state index contributed by atoms with van der Waals surface area (Å²) in [4.78, 5) is 18.6. The second-order valence-electron chi connectivity index (χ2n) is 9.76. The molecule has 1 saturated heterocycles. The molecule has 2 atom stereocenters. The topological polar surface area (TPSA) is 88.9 Å². The Bertz CT molecular complexity index is 1340. The Kier molecular flexibility index (Phi) is 7.53. The van der Waals surface area contributed by atoms with Crippen LogP contribution in [0.5, 0.6) is 0 Å². The molecule has 5 rings (SSSR count). The van der Waals surface area contributed by atoms with E-state index in [9.17, 15) is 4.79 Å². The summed E-state index contributed by atoms with van der Waals surface area (Å²) in [5, 5.41) is 13.9. The molecule has 8 heteroatoms. The van der Waals surface area contributed by atoms with Crippen molar-refractivity contribution in [3.05, 3.63) is 87.5 Å². The number of aromatic amines is 1. The van der Waals surface area contributed by atoms with Crippen LogP contribution in [0.2, 0.25) is 0 Å². The normalized spacial score (nSPS) is 16.7. The Morgan fingerprint density at radius 1 is 1.17 bits per heavy atom. The van der Waals surface area contributed by atoms with Crippen molar-refractivity contribution >= 4 is 10.9 Å². The predicted molar refractivity (Wildman–Crippen MR) is 139 cm³/mol. The maximum Gasteiger partial charge on any atom is 0.252 e. The van der Waals surface area contributed by atoms with E-state index in [2.05, 4.69) is 68.7 Å². The van der Waals surface area contributed by atoms with Gasteiger partial charge in [-0.05, 0) is 65.3 Å². The van der Waals surface area contributed by atoms with Crippen molar-refractivity contribution in [3.63, 3.8) is 0 Å². The minimum Gasteiger partial charge on any atom is -0.376 e. The molecule has 8 nitrogen and oxygen atoms in total. The molecule has 1 N–H and O–H groups in total. The zero-order valence-corrected chi connectivity index (χ0v) is 21.1. The summed E-state index contributed by atoms with van der Waals surface area (Å²) < 4.78 is 7.77. The monoisotopic (exact) mass is 486 g/mol. The number of aromatic nitrogens is 5. The first-order valence-electron chi connectivity index (χ1n) is 12.9. The van der Waals surface area contributed by atoms with Crippen LogP contribution in [0, 0.1) is 6.92 Å². The number of hydrogen-bond acceptors (Lipinski definition) is 6. The van der Waals surface area contributed by atoms with Crippen molar-refractivity contribution in [3.8, 4) is 0 Å². The van der Waals surface area contributed by atoms with E-state index < -0.39 is 0 Å². The van der Waals surface area contributed by atoms with Gasteiger partial charge in [-0.3, -0.25) is 9.69 Å². The van der Waals surface area contributed by atoms with Gasteiger partial charge in [0.1, 0.15) is 0 Å². The van der Waals surface area contributed by atoms with Crippen LogP contribution < -0.4 is 5.56 Å². The molecule has 0 spiro atoms. The van der Waals surface area contributed by atoms with Crippen LogP contribution in [0.3, 0.4) is 0 Å². The van der Waals surface area contributed by atoms with E-state index in [1.807, 2.05) is 29.8 Å². The molecule has 3 heterocycles. The molecule has 188 valence electrons. The van der Waals surface area contributed by atoms with Crippen LogP contribution in [-0.4, -0.2) is 42.8 Å². The van der Waals surface area contributed by atoms with E-state index in [4.69, 9.17) is 4.74 Å². The summed E-state index contributed by atoms with van der Waals surface area (Å²) in [5.74, 6) is 0.830. The molecule has 36 heavy (non-hydrogen) atoms. The van der Waals surface area contributed by atoms with Crippen LogP contribution in [0.1, 0.15) is 61.2 Å². The molecule has 2 unspecified atom stereocenters. The van der Waals surface area contributed by atoms with Gasteiger partial charge in [-0.2, -0.15) is 0 Å². The van der Waals surface area contributed by atoms with Crippen molar-refractivity contribution in [1.29, 1.82) is 0 Å². The SMILES string of the molecule is CCCC(c1nnnn1CC1CCCO1)N(Cc1ccccc1)Cc1cc2ccc(C)cc2[nH]c1=O. The first kappa shape index (κ1) is 24.3. The number of nitrogens with one attached hydrogen (secondary N) is 1. The van der Waals surface area contributed by atoms with Gasteiger partial charge < -0.3 is 9.72 Å². The van der Waals surface area contributed by atoms with Crippen molar-refractivity contribution < 1.29 is 4.74 Å². The molecule has 2 aromatic heterocycles. The summed E-state index contributed by atoms with van der Waals surface area (Å²) in [6, 6.07) is 18.5. The highest BCUT2D eigenvalue weighted by molar-refractivity contribution is 5.79.